The summed E-state index contributed by atoms with van der Waals surface area (Å²) in [6, 6.07) is 0. The zero-order valence-corrected chi connectivity index (χ0v) is 9.08. The van der Waals surface area contributed by atoms with E-state index < -0.39 is 0 Å². The van der Waals surface area contributed by atoms with Crippen molar-refractivity contribution in [2.75, 3.05) is 40.8 Å². The minimum atomic E-state index is -0.181. The fourth-order valence-corrected chi connectivity index (χ4v) is 0.461. The lowest BCUT2D eigenvalue weighted by molar-refractivity contribution is 0.0325. The van der Waals surface area contributed by atoms with E-state index in [0.29, 0.717) is 19.1 Å². The first-order chi connectivity index (χ1) is 6.18. The highest BCUT2D eigenvalue weighted by Gasteiger charge is 1.91. The molecule has 4 nitrogen and oxygen atoms in total. The molecule has 0 bridgehead atoms. The van der Waals surface area contributed by atoms with E-state index in [1.165, 1.54) is 7.11 Å². The molecule has 0 aromatic rings. The SMILES string of the molecule is COCCOCC(C)C.COCO. The maximum atomic E-state index is 7.65. The van der Waals surface area contributed by atoms with Crippen LogP contribution >= 0.6 is 0 Å². The van der Waals surface area contributed by atoms with E-state index in [9.17, 15) is 0 Å². The van der Waals surface area contributed by atoms with Gasteiger partial charge in [-0.15, -0.1) is 0 Å². The molecule has 0 amide bonds. The Morgan fingerprint density at radius 3 is 1.92 bits per heavy atom. The van der Waals surface area contributed by atoms with Crippen LogP contribution in [-0.2, 0) is 14.2 Å². The van der Waals surface area contributed by atoms with Crippen LogP contribution in [0.3, 0.4) is 0 Å². The second-order valence-corrected chi connectivity index (χ2v) is 2.88. The third kappa shape index (κ3) is 24.5. The van der Waals surface area contributed by atoms with E-state index in [2.05, 4.69) is 18.6 Å². The summed E-state index contributed by atoms with van der Waals surface area (Å²) in [4.78, 5) is 0. The van der Waals surface area contributed by atoms with Gasteiger partial charge in [-0.05, 0) is 5.92 Å². The molecule has 1 N–H and O–H groups in total. The monoisotopic (exact) mass is 194 g/mol. The minimum Gasteiger partial charge on any atom is -0.382 e. The maximum absolute atomic E-state index is 7.65. The zero-order chi connectivity index (χ0) is 10.5. The number of aliphatic hydroxyl groups excluding tert-OH is 1. The second-order valence-electron chi connectivity index (χ2n) is 2.88. The lowest BCUT2D eigenvalue weighted by Gasteiger charge is -2.04. The van der Waals surface area contributed by atoms with Gasteiger partial charge in [0.1, 0.15) is 6.79 Å². The van der Waals surface area contributed by atoms with E-state index in [0.717, 1.165) is 6.61 Å². The number of hydrogen-bond acceptors (Lipinski definition) is 4. The van der Waals surface area contributed by atoms with Crippen molar-refractivity contribution in [3.63, 3.8) is 0 Å². The molecule has 0 spiro atoms. The molecule has 4 heteroatoms. The highest BCUT2D eigenvalue weighted by Crippen LogP contribution is 1.91. The summed E-state index contributed by atoms with van der Waals surface area (Å²) in [7, 11) is 3.11. The van der Waals surface area contributed by atoms with E-state index in [4.69, 9.17) is 14.6 Å². The Morgan fingerprint density at radius 1 is 1.08 bits per heavy atom. The third-order valence-corrected chi connectivity index (χ3v) is 1.01. The van der Waals surface area contributed by atoms with Crippen LogP contribution in [0.5, 0.6) is 0 Å². The standard InChI is InChI=1S/C7H16O2.C2H6O2/c1-7(2)6-9-5-4-8-3;1-4-2-3/h7H,4-6H2,1-3H3;3H,2H2,1H3. The van der Waals surface area contributed by atoms with Crippen LogP contribution in [0.2, 0.25) is 0 Å². The molecule has 0 aliphatic carbocycles. The van der Waals surface area contributed by atoms with E-state index in [1.807, 2.05) is 0 Å². The molecular weight excluding hydrogens is 172 g/mol. The Balaban J connectivity index is 0. The molecule has 13 heavy (non-hydrogen) atoms. The van der Waals surface area contributed by atoms with Crippen LogP contribution in [-0.4, -0.2) is 45.9 Å². The first kappa shape index (κ1) is 15.3. The largest absolute Gasteiger partial charge is 0.382 e. The van der Waals surface area contributed by atoms with Gasteiger partial charge >= 0.3 is 0 Å². The van der Waals surface area contributed by atoms with E-state index in [-0.39, 0.29) is 6.79 Å². The van der Waals surface area contributed by atoms with Crippen LogP contribution in [0.1, 0.15) is 13.8 Å². The van der Waals surface area contributed by atoms with Crippen LogP contribution in [0, 0.1) is 5.92 Å². The molecule has 0 aromatic carbocycles. The van der Waals surface area contributed by atoms with Gasteiger partial charge in [-0.2, -0.15) is 0 Å². The molecule has 0 unspecified atom stereocenters. The maximum Gasteiger partial charge on any atom is 0.143 e. The number of hydrogen-bond donors (Lipinski definition) is 1. The summed E-state index contributed by atoms with van der Waals surface area (Å²) in [6.45, 7) is 6.34. The Kier molecular flexibility index (Phi) is 16.9. The van der Waals surface area contributed by atoms with Crippen molar-refractivity contribution in [2.24, 2.45) is 5.92 Å². The summed E-state index contributed by atoms with van der Waals surface area (Å²) in [5.74, 6) is 0.627. The van der Waals surface area contributed by atoms with Crippen LogP contribution < -0.4 is 0 Å². The smallest absolute Gasteiger partial charge is 0.143 e. The van der Waals surface area contributed by atoms with Gasteiger partial charge in [0.05, 0.1) is 13.2 Å². The van der Waals surface area contributed by atoms with Gasteiger partial charge in [0, 0.05) is 20.8 Å². The first-order valence-electron chi connectivity index (χ1n) is 4.35. The van der Waals surface area contributed by atoms with Gasteiger partial charge in [-0.3, -0.25) is 0 Å². The molecule has 0 rings (SSSR count). The number of rotatable bonds is 6. The Labute approximate surface area is 80.8 Å². The highest BCUT2D eigenvalue weighted by molar-refractivity contribution is 4.38. The average Bonchev–Trinajstić information content (AvgIpc) is 2.13. The first-order valence-corrected chi connectivity index (χ1v) is 4.35. The lowest BCUT2D eigenvalue weighted by Crippen LogP contribution is -2.06. The van der Waals surface area contributed by atoms with Gasteiger partial charge in [0.25, 0.3) is 0 Å². The Bertz CT molecular complexity index is 74.0. The minimum absolute atomic E-state index is 0.181. The van der Waals surface area contributed by atoms with Crippen LogP contribution in [0.4, 0.5) is 0 Å². The Morgan fingerprint density at radius 2 is 1.62 bits per heavy atom. The van der Waals surface area contributed by atoms with Crippen molar-refractivity contribution in [2.45, 2.75) is 13.8 Å². The molecule has 82 valence electrons. The second kappa shape index (κ2) is 14.4. The molecule has 0 aliphatic heterocycles. The number of aliphatic hydroxyl groups is 1. The molecule has 0 aromatic heterocycles. The summed E-state index contributed by atoms with van der Waals surface area (Å²) in [5.41, 5.74) is 0. The molecular formula is C9H22O4. The lowest BCUT2D eigenvalue weighted by atomic mass is 10.2. The van der Waals surface area contributed by atoms with Gasteiger partial charge in [0.2, 0.25) is 0 Å². The average molecular weight is 194 g/mol. The molecule has 0 saturated carbocycles. The van der Waals surface area contributed by atoms with Crippen LogP contribution in [0.25, 0.3) is 0 Å². The van der Waals surface area contributed by atoms with E-state index in [1.54, 1.807) is 7.11 Å². The molecule has 0 radical (unpaired) electrons. The van der Waals surface area contributed by atoms with Crippen molar-refractivity contribution in [1.82, 2.24) is 0 Å². The highest BCUT2D eigenvalue weighted by atomic mass is 16.6. The summed E-state index contributed by atoms with van der Waals surface area (Å²) in [6.07, 6.45) is 0. The number of methoxy groups -OCH3 is 2. The van der Waals surface area contributed by atoms with Gasteiger partial charge in [0.15, 0.2) is 0 Å². The Hall–Kier alpha value is -0.160. The van der Waals surface area contributed by atoms with Crippen LogP contribution in [0.15, 0.2) is 0 Å². The topological polar surface area (TPSA) is 47.9 Å². The molecule has 0 aliphatic rings. The van der Waals surface area contributed by atoms with Gasteiger partial charge < -0.3 is 19.3 Å². The normalized spacial score (nSPS) is 9.69. The third-order valence-electron chi connectivity index (χ3n) is 1.01. The number of ether oxygens (including phenoxy) is 3. The fraction of sp³-hybridized carbons (Fsp3) is 1.00. The predicted octanol–water partition coefficient (Wildman–Crippen LogP) is 0.888. The molecule has 0 fully saturated rings. The summed E-state index contributed by atoms with van der Waals surface area (Å²) >= 11 is 0. The van der Waals surface area contributed by atoms with Crippen molar-refractivity contribution >= 4 is 0 Å². The molecule has 0 saturated heterocycles. The van der Waals surface area contributed by atoms with Gasteiger partial charge in [-0.1, -0.05) is 13.8 Å². The fourth-order valence-electron chi connectivity index (χ4n) is 0.461. The predicted molar refractivity (Wildman–Crippen MR) is 51.6 cm³/mol. The van der Waals surface area contributed by atoms with E-state index >= 15 is 0 Å². The quantitative estimate of drug-likeness (QED) is 0.504. The molecule has 0 atom stereocenters. The van der Waals surface area contributed by atoms with Crippen molar-refractivity contribution < 1.29 is 19.3 Å². The van der Waals surface area contributed by atoms with Crippen molar-refractivity contribution in [3.8, 4) is 0 Å². The molecule has 0 heterocycles. The summed E-state index contributed by atoms with van der Waals surface area (Å²) in [5, 5.41) is 7.65. The zero-order valence-electron chi connectivity index (χ0n) is 9.08. The summed E-state index contributed by atoms with van der Waals surface area (Å²) < 4.78 is 14.1. The van der Waals surface area contributed by atoms with Crippen molar-refractivity contribution in [3.05, 3.63) is 0 Å². The van der Waals surface area contributed by atoms with Crippen molar-refractivity contribution in [1.29, 1.82) is 0 Å². The van der Waals surface area contributed by atoms with Gasteiger partial charge in [-0.25, -0.2) is 0 Å².